The molecular formula is C27H26N2O5. The van der Waals surface area contributed by atoms with E-state index in [1.165, 1.54) is 7.11 Å². The number of rotatable bonds is 8. The maximum Gasteiger partial charge on any atom is 0.266 e. The number of fused-ring (bicyclic) bond motifs is 1. The van der Waals surface area contributed by atoms with Gasteiger partial charge in [-0.15, -0.1) is 0 Å². The summed E-state index contributed by atoms with van der Waals surface area (Å²) in [6.07, 6.45) is 3.67. The van der Waals surface area contributed by atoms with Crippen LogP contribution in [0.5, 0.6) is 23.0 Å². The average molecular weight is 459 g/mol. The normalized spacial score (nSPS) is 11.1. The summed E-state index contributed by atoms with van der Waals surface area (Å²) in [6.45, 7) is 2.49. The lowest BCUT2D eigenvalue weighted by Gasteiger charge is -2.14. The van der Waals surface area contributed by atoms with Gasteiger partial charge in [0, 0.05) is 11.6 Å². The summed E-state index contributed by atoms with van der Waals surface area (Å²) in [5, 5.41) is 0.418. The van der Waals surface area contributed by atoms with E-state index in [4.69, 9.17) is 23.9 Å². The van der Waals surface area contributed by atoms with Gasteiger partial charge in [0.2, 0.25) is 0 Å². The molecule has 0 fully saturated rings. The van der Waals surface area contributed by atoms with Crippen molar-refractivity contribution in [1.29, 1.82) is 0 Å². The van der Waals surface area contributed by atoms with Crippen LogP contribution in [0.3, 0.4) is 0 Å². The zero-order valence-corrected chi connectivity index (χ0v) is 19.6. The molecule has 0 unspecified atom stereocenters. The van der Waals surface area contributed by atoms with Crippen molar-refractivity contribution in [2.45, 2.75) is 6.92 Å². The SMILES string of the molecule is CCOc1ccc(-n2c(/C=C/c3ccccc3OC)nc3cc(OC)c(OC)cc3c2=O)cc1. The molecule has 7 heteroatoms. The van der Waals surface area contributed by atoms with E-state index in [1.807, 2.05) is 61.5 Å². The molecule has 4 aromatic rings. The molecule has 0 amide bonds. The number of hydrogen-bond donors (Lipinski definition) is 0. The van der Waals surface area contributed by atoms with Gasteiger partial charge in [0.15, 0.2) is 11.5 Å². The van der Waals surface area contributed by atoms with E-state index in [2.05, 4.69) is 0 Å². The molecule has 174 valence electrons. The summed E-state index contributed by atoms with van der Waals surface area (Å²) in [5.74, 6) is 2.87. The lowest BCUT2D eigenvalue weighted by atomic mass is 10.1. The van der Waals surface area contributed by atoms with Crippen molar-refractivity contribution in [1.82, 2.24) is 9.55 Å². The first kappa shape index (κ1) is 22.9. The Bertz CT molecular complexity index is 1390. The molecule has 1 aromatic heterocycles. The molecule has 3 aromatic carbocycles. The van der Waals surface area contributed by atoms with Gasteiger partial charge >= 0.3 is 0 Å². The Balaban J connectivity index is 1.95. The largest absolute Gasteiger partial charge is 0.496 e. The highest BCUT2D eigenvalue weighted by Gasteiger charge is 2.15. The molecule has 0 N–H and O–H groups in total. The van der Waals surface area contributed by atoms with Crippen molar-refractivity contribution in [2.75, 3.05) is 27.9 Å². The van der Waals surface area contributed by atoms with Crippen molar-refractivity contribution in [3.63, 3.8) is 0 Å². The highest BCUT2D eigenvalue weighted by molar-refractivity contribution is 5.84. The Morgan fingerprint density at radius 2 is 1.53 bits per heavy atom. The summed E-state index contributed by atoms with van der Waals surface area (Å²) in [4.78, 5) is 18.5. The number of methoxy groups -OCH3 is 3. The standard InChI is InChI=1S/C27H26N2O5/c1-5-34-20-13-11-19(12-14-20)29-26(15-10-18-8-6-7-9-23(18)31-2)28-22-17-25(33-4)24(32-3)16-21(22)27(29)30/h6-17H,5H2,1-4H3/b15-10+. The second-order valence-electron chi connectivity index (χ2n) is 7.34. The summed E-state index contributed by atoms with van der Waals surface area (Å²) >= 11 is 0. The second-order valence-corrected chi connectivity index (χ2v) is 7.34. The van der Waals surface area contributed by atoms with Crippen LogP contribution in [0.2, 0.25) is 0 Å². The van der Waals surface area contributed by atoms with Crippen molar-refractivity contribution in [3.05, 3.63) is 82.4 Å². The predicted molar refractivity (Wildman–Crippen MR) is 134 cm³/mol. The summed E-state index contributed by atoms with van der Waals surface area (Å²) in [5.41, 5.74) is 1.81. The fraction of sp³-hybridized carbons (Fsp3) is 0.185. The van der Waals surface area contributed by atoms with Gasteiger partial charge in [-0.1, -0.05) is 18.2 Å². The minimum Gasteiger partial charge on any atom is -0.496 e. The Kier molecular flexibility index (Phi) is 6.82. The van der Waals surface area contributed by atoms with Gasteiger partial charge < -0.3 is 18.9 Å². The third-order valence-electron chi connectivity index (χ3n) is 5.36. The molecule has 1 heterocycles. The van der Waals surface area contributed by atoms with Crippen LogP contribution in [-0.2, 0) is 0 Å². The number of benzene rings is 3. The zero-order chi connectivity index (χ0) is 24.1. The quantitative estimate of drug-likeness (QED) is 0.371. The van der Waals surface area contributed by atoms with Crippen LogP contribution in [0, 0.1) is 0 Å². The molecule has 0 aliphatic heterocycles. The van der Waals surface area contributed by atoms with Crippen LogP contribution in [0.1, 0.15) is 18.3 Å². The van der Waals surface area contributed by atoms with Gasteiger partial charge in [0.1, 0.15) is 17.3 Å². The molecule has 0 atom stereocenters. The maximum absolute atomic E-state index is 13.7. The second kappa shape index (κ2) is 10.1. The summed E-state index contributed by atoms with van der Waals surface area (Å²) in [6, 6.07) is 18.3. The van der Waals surface area contributed by atoms with Crippen LogP contribution in [0.15, 0.2) is 65.5 Å². The zero-order valence-electron chi connectivity index (χ0n) is 19.6. The lowest BCUT2D eigenvalue weighted by Crippen LogP contribution is -2.22. The Labute approximate surface area is 197 Å². The smallest absolute Gasteiger partial charge is 0.266 e. The number of hydrogen-bond acceptors (Lipinski definition) is 6. The van der Waals surface area contributed by atoms with Gasteiger partial charge in [0.05, 0.1) is 44.5 Å². The highest BCUT2D eigenvalue weighted by atomic mass is 16.5. The number of para-hydroxylation sites is 1. The van der Waals surface area contributed by atoms with E-state index in [-0.39, 0.29) is 5.56 Å². The first-order valence-electron chi connectivity index (χ1n) is 10.8. The number of ether oxygens (including phenoxy) is 4. The molecule has 0 saturated heterocycles. The molecule has 0 spiro atoms. The van der Waals surface area contributed by atoms with E-state index >= 15 is 0 Å². The van der Waals surface area contributed by atoms with Gasteiger partial charge in [0.25, 0.3) is 5.56 Å². The van der Waals surface area contributed by atoms with Crippen molar-refractivity contribution < 1.29 is 18.9 Å². The average Bonchev–Trinajstić information content (AvgIpc) is 2.87. The van der Waals surface area contributed by atoms with Crippen molar-refractivity contribution >= 4 is 23.1 Å². The molecule has 34 heavy (non-hydrogen) atoms. The molecular weight excluding hydrogens is 432 g/mol. The number of aromatic nitrogens is 2. The monoisotopic (exact) mass is 458 g/mol. The maximum atomic E-state index is 13.7. The summed E-state index contributed by atoms with van der Waals surface area (Å²) in [7, 11) is 4.70. The van der Waals surface area contributed by atoms with Crippen LogP contribution >= 0.6 is 0 Å². The van der Waals surface area contributed by atoms with E-state index in [0.717, 1.165) is 17.1 Å². The van der Waals surface area contributed by atoms with Crippen molar-refractivity contribution in [3.8, 4) is 28.7 Å². The fourth-order valence-electron chi connectivity index (χ4n) is 3.72. The van der Waals surface area contributed by atoms with Crippen LogP contribution < -0.4 is 24.5 Å². The van der Waals surface area contributed by atoms with Gasteiger partial charge in [-0.2, -0.15) is 0 Å². The van der Waals surface area contributed by atoms with E-state index < -0.39 is 0 Å². The topological polar surface area (TPSA) is 71.8 Å². The van der Waals surface area contributed by atoms with Gasteiger partial charge in [-0.25, -0.2) is 4.98 Å². The molecule has 0 bridgehead atoms. The molecule has 4 rings (SSSR count). The molecule has 0 aliphatic carbocycles. The van der Waals surface area contributed by atoms with Gasteiger partial charge in [-0.3, -0.25) is 9.36 Å². The third-order valence-corrected chi connectivity index (χ3v) is 5.36. The first-order valence-corrected chi connectivity index (χ1v) is 10.8. The minimum atomic E-state index is -0.227. The Morgan fingerprint density at radius 3 is 2.21 bits per heavy atom. The van der Waals surface area contributed by atoms with Crippen LogP contribution in [0.4, 0.5) is 0 Å². The fourth-order valence-corrected chi connectivity index (χ4v) is 3.72. The van der Waals surface area contributed by atoms with E-state index in [0.29, 0.717) is 40.5 Å². The third kappa shape index (κ3) is 4.45. The molecule has 7 nitrogen and oxygen atoms in total. The van der Waals surface area contributed by atoms with E-state index in [1.54, 1.807) is 37.0 Å². The first-order chi connectivity index (χ1) is 16.6. The molecule has 0 saturated carbocycles. The van der Waals surface area contributed by atoms with Crippen molar-refractivity contribution in [2.24, 2.45) is 0 Å². The minimum absolute atomic E-state index is 0.227. The van der Waals surface area contributed by atoms with E-state index in [9.17, 15) is 4.79 Å². The van der Waals surface area contributed by atoms with Crippen LogP contribution in [-0.4, -0.2) is 37.5 Å². The molecule has 0 radical (unpaired) electrons. The Hall–Kier alpha value is -4.26. The van der Waals surface area contributed by atoms with Crippen LogP contribution in [0.25, 0.3) is 28.7 Å². The molecule has 0 aliphatic rings. The number of nitrogens with zero attached hydrogens (tertiary/aromatic N) is 2. The summed E-state index contributed by atoms with van der Waals surface area (Å²) < 4.78 is 23.4. The lowest BCUT2D eigenvalue weighted by molar-refractivity contribution is 0.340. The van der Waals surface area contributed by atoms with Gasteiger partial charge in [-0.05, 0) is 55.5 Å². The predicted octanol–water partition coefficient (Wildman–Crippen LogP) is 4.98. The Morgan fingerprint density at radius 1 is 0.853 bits per heavy atom. The highest BCUT2D eigenvalue weighted by Crippen LogP contribution is 2.31.